The molecule has 0 N–H and O–H groups in total. The first-order valence-corrected chi connectivity index (χ1v) is 10.8. The van der Waals surface area contributed by atoms with Crippen LogP contribution in [0.15, 0.2) is 89.4 Å². The van der Waals surface area contributed by atoms with E-state index in [4.69, 9.17) is 4.42 Å². The highest BCUT2D eigenvalue weighted by atomic mass is 16.3. The van der Waals surface area contributed by atoms with Crippen molar-refractivity contribution in [2.24, 2.45) is 0 Å². The van der Waals surface area contributed by atoms with Crippen molar-refractivity contribution in [1.29, 1.82) is 0 Å². The topological polar surface area (TPSA) is 13.1 Å². The Morgan fingerprint density at radius 2 is 1.53 bits per heavy atom. The lowest BCUT2D eigenvalue weighted by Crippen LogP contribution is -2.26. The molecule has 3 aromatic rings. The van der Waals surface area contributed by atoms with Gasteiger partial charge in [0.05, 0.1) is 0 Å². The number of hydrogen-bond donors (Lipinski definition) is 0. The smallest absolute Gasteiger partial charge is 0.131 e. The van der Waals surface area contributed by atoms with Gasteiger partial charge in [-0.15, -0.1) is 0 Å². The van der Waals surface area contributed by atoms with Crippen LogP contribution in [-0.4, -0.2) is 0 Å². The monoisotopic (exact) mass is 396 g/mol. The average molecular weight is 397 g/mol. The summed E-state index contributed by atoms with van der Waals surface area (Å²) in [5.41, 5.74) is 4.70. The molecule has 1 unspecified atom stereocenters. The van der Waals surface area contributed by atoms with Crippen molar-refractivity contribution in [3.8, 4) is 0 Å². The normalized spacial score (nSPS) is 17.3. The first-order valence-electron chi connectivity index (χ1n) is 10.8. The molecule has 1 heteroatoms. The van der Waals surface area contributed by atoms with E-state index in [1.54, 1.807) is 0 Å². The van der Waals surface area contributed by atoms with Crippen LogP contribution in [0.3, 0.4) is 0 Å². The standard InChI is InChI=1S/C25H24O.C4H8/c1-3-21-22-15-10-16-25(2,20-13-8-5-9-14-20)18-24(22)26-23(21)17-19-11-6-4-7-12-19;1-3-4-2/h4-16,18H,3,17H2,1-2H3;3-4H,1-2H3/b;4-3-. The molecule has 0 radical (unpaired) electrons. The van der Waals surface area contributed by atoms with E-state index in [2.05, 4.69) is 98.8 Å². The molecule has 1 aromatic heterocycles. The lowest BCUT2D eigenvalue weighted by molar-refractivity contribution is 0.483. The fourth-order valence-electron chi connectivity index (χ4n) is 3.79. The molecule has 0 bridgehead atoms. The maximum absolute atomic E-state index is 6.40. The number of furan rings is 1. The molecule has 1 aliphatic rings. The van der Waals surface area contributed by atoms with Gasteiger partial charge in [0.25, 0.3) is 0 Å². The summed E-state index contributed by atoms with van der Waals surface area (Å²) in [5, 5.41) is 1.23. The number of rotatable bonds is 4. The summed E-state index contributed by atoms with van der Waals surface area (Å²) in [5.74, 6) is 1.09. The fourth-order valence-corrected chi connectivity index (χ4v) is 3.79. The second kappa shape index (κ2) is 10.1. The zero-order chi connectivity index (χ0) is 21.4. The summed E-state index contributed by atoms with van der Waals surface area (Å²) in [7, 11) is 0. The molecule has 30 heavy (non-hydrogen) atoms. The van der Waals surface area contributed by atoms with E-state index in [1.165, 1.54) is 21.9 Å². The molecule has 2 aromatic carbocycles. The largest absolute Gasteiger partial charge is 0.461 e. The van der Waals surface area contributed by atoms with Crippen molar-refractivity contribution in [2.75, 3.05) is 0 Å². The van der Waals surface area contributed by atoms with Crippen molar-refractivity contribution in [3.05, 3.63) is 118 Å². The van der Waals surface area contributed by atoms with E-state index < -0.39 is 0 Å². The van der Waals surface area contributed by atoms with Gasteiger partial charge in [-0.1, -0.05) is 98.0 Å². The van der Waals surface area contributed by atoms with Gasteiger partial charge in [0, 0.05) is 22.6 Å². The number of allylic oxidation sites excluding steroid dienone is 4. The Hall–Kier alpha value is -3.06. The van der Waals surface area contributed by atoms with Gasteiger partial charge < -0.3 is 4.42 Å². The lowest BCUT2D eigenvalue weighted by Gasteiger charge is -2.21. The van der Waals surface area contributed by atoms with Crippen LogP contribution in [0.4, 0.5) is 0 Å². The molecule has 0 saturated heterocycles. The Kier molecular flexibility index (Phi) is 7.30. The van der Waals surface area contributed by atoms with Gasteiger partial charge in [0.15, 0.2) is 0 Å². The third-order valence-electron chi connectivity index (χ3n) is 5.59. The van der Waals surface area contributed by atoms with E-state index in [0.29, 0.717) is 0 Å². The molecule has 154 valence electrons. The van der Waals surface area contributed by atoms with Gasteiger partial charge in [0.2, 0.25) is 0 Å². The molecule has 0 aliphatic heterocycles. The summed E-state index contributed by atoms with van der Waals surface area (Å²) in [6, 6.07) is 21.2. The molecule has 0 saturated carbocycles. The van der Waals surface area contributed by atoms with E-state index in [0.717, 1.165) is 24.0 Å². The van der Waals surface area contributed by atoms with Gasteiger partial charge in [-0.25, -0.2) is 0 Å². The van der Waals surface area contributed by atoms with Crippen molar-refractivity contribution in [3.63, 3.8) is 0 Å². The molecule has 1 aliphatic carbocycles. The van der Waals surface area contributed by atoms with E-state index >= 15 is 0 Å². The highest BCUT2D eigenvalue weighted by Crippen LogP contribution is 2.28. The van der Waals surface area contributed by atoms with Crippen LogP contribution in [0.2, 0.25) is 0 Å². The third kappa shape index (κ3) is 4.91. The molecule has 4 rings (SSSR count). The Balaban J connectivity index is 0.000000589. The number of benzene rings is 2. The first-order chi connectivity index (χ1) is 14.6. The Morgan fingerprint density at radius 1 is 0.900 bits per heavy atom. The van der Waals surface area contributed by atoms with Gasteiger partial charge in [0.1, 0.15) is 11.2 Å². The minimum atomic E-state index is -0.171. The minimum Gasteiger partial charge on any atom is -0.461 e. The third-order valence-corrected chi connectivity index (χ3v) is 5.59. The van der Waals surface area contributed by atoms with Crippen molar-refractivity contribution >= 4 is 12.2 Å². The van der Waals surface area contributed by atoms with Crippen LogP contribution in [0, 0.1) is 0 Å². The summed E-state index contributed by atoms with van der Waals surface area (Å²) < 4.78 is 6.40. The molecule has 0 fully saturated rings. The lowest BCUT2D eigenvalue weighted by atomic mass is 9.82. The molecule has 0 spiro atoms. The average Bonchev–Trinajstić information content (AvgIpc) is 3.00. The SMILES string of the molecule is C/C=C\C.CCc1c(Cc2ccccc2)oc2c1=CC=CC(C)(c1ccccc1)C=2. The summed E-state index contributed by atoms with van der Waals surface area (Å²) in [6.45, 7) is 8.45. The van der Waals surface area contributed by atoms with Crippen LogP contribution in [0.5, 0.6) is 0 Å². The van der Waals surface area contributed by atoms with Crippen LogP contribution in [0.25, 0.3) is 12.2 Å². The molecule has 1 nitrogen and oxygen atoms in total. The number of hydrogen-bond acceptors (Lipinski definition) is 1. The Labute approximate surface area is 180 Å². The zero-order valence-electron chi connectivity index (χ0n) is 18.6. The van der Waals surface area contributed by atoms with Crippen molar-refractivity contribution < 1.29 is 4.42 Å². The van der Waals surface area contributed by atoms with Crippen molar-refractivity contribution in [2.45, 2.75) is 46.0 Å². The zero-order valence-corrected chi connectivity index (χ0v) is 18.6. The Bertz CT molecular complexity index is 1110. The second-order valence-electron chi connectivity index (χ2n) is 7.78. The van der Waals surface area contributed by atoms with Gasteiger partial charge in [-0.05, 0) is 44.4 Å². The summed E-state index contributed by atoms with van der Waals surface area (Å²) >= 11 is 0. The second-order valence-corrected chi connectivity index (χ2v) is 7.78. The quantitative estimate of drug-likeness (QED) is 0.485. The van der Waals surface area contributed by atoms with Gasteiger partial charge in [-0.2, -0.15) is 0 Å². The predicted octanol–water partition coefficient (Wildman–Crippen LogP) is 6.10. The van der Waals surface area contributed by atoms with Gasteiger partial charge in [-0.3, -0.25) is 0 Å². The molecular formula is C29H32O. The summed E-state index contributed by atoms with van der Waals surface area (Å²) in [4.78, 5) is 0. The molecular weight excluding hydrogens is 364 g/mol. The van der Waals surface area contributed by atoms with Crippen LogP contribution in [-0.2, 0) is 18.3 Å². The highest BCUT2D eigenvalue weighted by molar-refractivity contribution is 5.56. The first kappa shape index (κ1) is 21.6. The van der Waals surface area contributed by atoms with E-state index in [1.807, 2.05) is 26.0 Å². The van der Waals surface area contributed by atoms with Crippen molar-refractivity contribution in [1.82, 2.24) is 0 Å². The summed E-state index contributed by atoms with van der Waals surface area (Å²) in [6.07, 6.45) is 14.7. The number of fused-ring (bicyclic) bond motifs is 1. The maximum atomic E-state index is 6.40. The van der Waals surface area contributed by atoms with Crippen LogP contribution >= 0.6 is 0 Å². The van der Waals surface area contributed by atoms with E-state index in [9.17, 15) is 0 Å². The van der Waals surface area contributed by atoms with E-state index in [-0.39, 0.29) is 5.41 Å². The fraction of sp³-hybridized carbons (Fsp3) is 0.241. The molecule has 1 atom stereocenters. The van der Waals surface area contributed by atoms with Crippen LogP contribution in [0.1, 0.15) is 50.1 Å². The maximum Gasteiger partial charge on any atom is 0.131 e. The van der Waals surface area contributed by atoms with Crippen LogP contribution < -0.4 is 10.6 Å². The highest BCUT2D eigenvalue weighted by Gasteiger charge is 2.23. The molecule has 1 heterocycles. The predicted molar refractivity (Wildman–Crippen MR) is 129 cm³/mol. The van der Waals surface area contributed by atoms with Gasteiger partial charge >= 0.3 is 0 Å². The Morgan fingerprint density at radius 3 is 2.13 bits per heavy atom. The molecule has 0 amide bonds. The minimum absolute atomic E-state index is 0.171.